The smallest absolute Gasteiger partial charge is 0.197 e. The number of hydrogen-bond acceptors (Lipinski definition) is 9. The zero-order chi connectivity index (χ0) is 15.2. The number of methoxy groups -OCH3 is 1. The van der Waals surface area contributed by atoms with Gasteiger partial charge in [-0.3, -0.25) is 0 Å². The van der Waals surface area contributed by atoms with E-state index in [-0.39, 0.29) is 0 Å². The van der Waals surface area contributed by atoms with Gasteiger partial charge in [-0.15, -0.1) is 0 Å². The number of nitrogens with zero attached hydrogens (tertiary/aromatic N) is 4. The molecule has 2 aromatic rings. The first kappa shape index (κ1) is 15.3. The van der Waals surface area contributed by atoms with Gasteiger partial charge in [-0.2, -0.15) is 0 Å². The van der Waals surface area contributed by atoms with E-state index in [1.807, 2.05) is 13.0 Å². The summed E-state index contributed by atoms with van der Waals surface area (Å²) >= 11 is 1.27. The lowest BCUT2D eigenvalue weighted by Crippen LogP contribution is -2.05. The number of ether oxygens (including phenoxy) is 1. The van der Waals surface area contributed by atoms with Gasteiger partial charge < -0.3 is 21.5 Å². The Balaban J connectivity index is 2.28. The number of nitrogen functional groups attached to an aromatic ring is 2. The fourth-order valence-electron chi connectivity index (χ4n) is 1.59. The third-order valence-corrected chi connectivity index (χ3v) is 3.10. The summed E-state index contributed by atoms with van der Waals surface area (Å²) < 4.78 is 5.07. The zero-order valence-corrected chi connectivity index (χ0v) is 12.6. The van der Waals surface area contributed by atoms with E-state index in [9.17, 15) is 0 Å². The van der Waals surface area contributed by atoms with Crippen LogP contribution in [0.5, 0.6) is 0 Å². The topological polar surface area (TPSA) is 125 Å². The first-order chi connectivity index (χ1) is 10.1. The number of nitrogens with one attached hydrogen (secondary N) is 1. The summed E-state index contributed by atoms with van der Waals surface area (Å²) in [5.41, 5.74) is 11.3. The molecular weight excluding hydrogens is 290 g/mol. The highest BCUT2D eigenvalue weighted by Gasteiger charge is 2.09. The van der Waals surface area contributed by atoms with Crippen molar-refractivity contribution in [3.8, 4) is 0 Å². The average Bonchev–Trinajstić information content (AvgIpc) is 2.37. The highest BCUT2D eigenvalue weighted by Crippen LogP contribution is 2.26. The Labute approximate surface area is 126 Å². The number of hydrogen-bond donors (Lipinski definition) is 3. The number of anilines is 3. The van der Waals surface area contributed by atoms with Crippen molar-refractivity contribution < 1.29 is 4.74 Å². The molecule has 2 heterocycles. The highest BCUT2D eigenvalue weighted by molar-refractivity contribution is 7.99. The summed E-state index contributed by atoms with van der Waals surface area (Å²) in [5.74, 6) is 1.94. The van der Waals surface area contributed by atoms with Crippen molar-refractivity contribution >= 4 is 29.2 Å². The molecule has 21 heavy (non-hydrogen) atoms. The van der Waals surface area contributed by atoms with Crippen molar-refractivity contribution in [2.24, 2.45) is 0 Å². The fraction of sp³-hybridized carbons (Fsp3) is 0.333. The minimum Gasteiger partial charge on any atom is -0.383 e. The molecule has 0 spiro atoms. The highest BCUT2D eigenvalue weighted by atomic mass is 32.2. The van der Waals surface area contributed by atoms with Gasteiger partial charge in [0.15, 0.2) is 11.0 Å². The van der Waals surface area contributed by atoms with E-state index in [1.54, 1.807) is 7.11 Å². The molecular formula is C12H17N7OS. The van der Waals surface area contributed by atoms with Crippen LogP contribution in [0.1, 0.15) is 12.7 Å². The molecule has 0 radical (unpaired) electrons. The van der Waals surface area contributed by atoms with Gasteiger partial charge in [-0.1, -0.05) is 0 Å². The van der Waals surface area contributed by atoms with E-state index in [2.05, 4.69) is 25.3 Å². The van der Waals surface area contributed by atoms with Gasteiger partial charge >= 0.3 is 0 Å². The lowest BCUT2D eigenvalue weighted by Gasteiger charge is -2.08. The van der Waals surface area contributed by atoms with Crippen LogP contribution in [-0.4, -0.2) is 33.6 Å². The molecule has 0 amide bonds. The molecule has 0 fully saturated rings. The molecule has 0 saturated carbocycles. The Bertz CT molecular complexity index is 578. The van der Waals surface area contributed by atoms with Crippen molar-refractivity contribution in [3.05, 3.63) is 18.0 Å². The van der Waals surface area contributed by atoms with Crippen LogP contribution in [0.4, 0.5) is 17.5 Å². The van der Waals surface area contributed by atoms with Crippen LogP contribution in [0.25, 0.3) is 0 Å². The molecule has 5 N–H and O–H groups in total. The van der Waals surface area contributed by atoms with Crippen LogP contribution in [0.2, 0.25) is 0 Å². The first-order valence-corrected chi connectivity index (χ1v) is 7.11. The normalized spacial score (nSPS) is 10.6. The Kier molecular flexibility index (Phi) is 5.12. The molecule has 0 aromatic carbocycles. The zero-order valence-electron chi connectivity index (χ0n) is 11.8. The Morgan fingerprint density at radius 3 is 2.48 bits per heavy atom. The van der Waals surface area contributed by atoms with Crippen molar-refractivity contribution in [1.82, 2.24) is 19.9 Å². The number of rotatable bonds is 6. The van der Waals surface area contributed by atoms with Gasteiger partial charge in [0.2, 0.25) is 0 Å². The molecule has 8 nitrogen and oxygen atoms in total. The van der Waals surface area contributed by atoms with Crippen LogP contribution in [0.15, 0.2) is 22.3 Å². The van der Waals surface area contributed by atoms with E-state index in [0.717, 1.165) is 12.4 Å². The minimum atomic E-state index is 0.322. The van der Waals surface area contributed by atoms with Crippen LogP contribution < -0.4 is 16.8 Å². The Morgan fingerprint density at radius 2 is 1.86 bits per heavy atom. The molecule has 2 rings (SSSR count). The molecule has 112 valence electrons. The van der Waals surface area contributed by atoms with Gasteiger partial charge in [-0.25, -0.2) is 19.9 Å². The molecule has 0 saturated heterocycles. The van der Waals surface area contributed by atoms with Crippen LogP contribution >= 0.6 is 11.8 Å². The summed E-state index contributed by atoms with van der Waals surface area (Å²) in [4.78, 5) is 17.0. The molecule has 2 aromatic heterocycles. The molecule has 0 bridgehead atoms. The summed E-state index contributed by atoms with van der Waals surface area (Å²) in [6, 6.07) is 3.32. The summed E-state index contributed by atoms with van der Waals surface area (Å²) in [6.45, 7) is 3.08. The predicted octanol–water partition coefficient (Wildman–Crippen LogP) is 1.16. The van der Waals surface area contributed by atoms with Crippen molar-refractivity contribution in [1.29, 1.82) is 0 Å². The molecule has 9 heteroatoms. The molecule has 0 atom stereocenters. The van der Waals surface area contributed by atoms with Crippen molar-refractivity contribution in [3.63, 3.8) is 0 Å². The van der Waals surface area contributed by atoms with E-state index in [0.29, 0.717) is 34.2 Å². The lowest BCUT2D eigenvalue weighted by atomic mass is 10.5. The first-order valence-electron chi connectivity index (χ1n) is 6.29. The Morgan fingerprint density at radius 1 is 1.14 bits per heavy atom. The summed E-state index contributed by atoms with van der Waals surface area (Å²) in [6.07, 6.45) is 0. The quantitative estimate of drug-likeness (QED) is 0.532. The largest absolute Gasteiger partial charge is 0.383 e. The monoisotopic (exact) mass is 307 g/mol. The fourth-order valence-corrected chi connectivity index (χ4v) is 2.40. The number of nitrogens with two attached hydrogens (primary N) is 2. The van der Waals surface area contributed by atoms with Gasteiger partial charge in [0, 0.05) is 25.8 Å². The SMILES string of the molecule is CCNc1cc(Sc2nc(N)cc(N)n2)nc(COC)n1. The van der Waals surface area contributed by atoms with Crippen LogP contribution in [0, 0.1) is 0 Å². The third-order valence-electron chi connectivity index (χ3n) is 2.32. The molecule has 0 aliphatic carbocycles. The van der Waals surface area contributed by atoms with Crippen LogP contribution in [0.3, 0.4) is 0 Å². The maximum atomic E-state index is 5.66. The van der Waals surface area contributed by atoms with Gasteiger partial charge in [0.05, 0.1) is 0 Å². The third kappa shape index (κ3) is 4.43. The lowest BCUT2D eigenvalue weighted by molar-refractivity contribution is 0.177. The standard InChI is InChI=1S/C12H17N7OS/c1-3-15-9-5-11(19-10(18-9)6-20-2)21-12-16-7(13)4-8(14)17-12/h4-5H,3,6H2,1-2H3,(H,15,18,19)(H4,13,14,16,17). The molecule has 0 unspecified atom stereocenters. The van der Waals surface area contributed by atoms with Gasteiger partial charge in [-0.05, 0) is 18.7 Å². The maximum absolute atomic E-state index is 5.66. The molecule has 0 aliphatic rings. The van der Waals surface area contributed by atoms with Gasteiger partial charge in [0.25, 0.3) is 0 Å². The Hall–Kier alpha value is -2.13. The van der Waals surface area contributed by atoms with E-state index in [1.165, 1.54) is 17.8 Å². The van der Waals surface area contributed by atoms with Crippen molar-refractivity contribution in [2.75, 3.05) is 30.4 Å². The maximum Gasteiger partial charge on any atom is 0.197 e. The summed E-state index contributed by atoms with van der Waals surface area (Å²) in [7, 11) is 1.60. The van der Waals surface area contributed by atoms with Gasteiger partial charge in [0.1, 0.15) is 29.1 Å². The average molecular weight is 307 g/mol. The van der Waals surface area contributed by atoms with E-state index in [4.69, 9.17) is 16.2 Å². The van der Waals surface area contributed by atoms with Crippen LogP contribution in [-0.2, 0) is 11.3 Å². The second kappa shape index (κ2) is 7.04. The second-order valence-electron chi connectivity index (χ2n) is 4.07. The van der Waals surface area contributed by atoms with E-state index < -0.39 is 0 Å². The molecule has 0 aliphatic heterocycles. The van der Waals surface area contributed by atoms with E-state index >= 15 is 0 Å². The number of aromatic nitrogens is 4. The van der Waals surface area contributed by atoms with Crippen molar-refractivity contribution in [2.45, 2.75) is 23.7 Å². The second-order valence-corrected chi connectivity index (χ2v) is 5.06. The summed E-state index contributed by atoms with van der Waals surface area (Å²) in [5, 5.41) is 4.28. The minimum absolute atomic E-state index is 0.322. The predicted molar refractivity (Wildman–Crippen MR) is 81.9 cm³/mol.